The summed E-state index contributed by atoms with van der Waals surface area (Å²) in [6.45, 7) is 2.68. The fourth-order valence-electron chi connectivity index (χ4n) is 1.71. The molecule has 0 aliphatic carbocycles. The van der Waals surface area contributed by atoms with Crippen molar-refractivity contribution in [3.63, 3.8) is 0 Å². The van der Waals surface area contributed by atoms with Crippen LogP contribution >= 0.6 is 11.3 Å². The Kier molecular flexibility index (Phi) is 3.66. The van der Waals surface area contributed by atoms with Gasteiger partial charge in [0.25, 0.3) is 0 Å². The molecule has 2 N–H and O–H groups in total. The summed E-state index contributed by atoms with van der Waals surface area (Å²) in [6, 6.07) is 3.47. The minimum Gasteiger partial charge on any atom is -0.477 e. The molecule has 0 saturated heterocycles. The van der Waals surface area contributed by atoms with Crippen molar-refractivity contribution < 1.29 is 9.90 Å². The second-order valence-electron chi connectivity index (χ2n) is 3.94. The molecule has 96 valence electrons. The number of aromatic nitrogens is 2. The lowest BCUT2D eigenvalue weighted by molar-refractivity contribution is 0.0702. The number of rotatable bonds is 5. The molecular weight excluding hydrogens is 250 g/mol. The van der Waals surface area contributed by atoms with Crippen molar-refractivity contribution in [2.75, 3.05) is 5.32 Å². The number of aromatic carboxylic acids is 1. The Morgan fingerprint density at radius 2 is 2.33 bits per heavy atom. The Hall–Kier alpha value is -1.82. The normalized spacial score (nSPS) is 10.6. The zero-order valence-electron chi connectivity index (χ0n) is 10.3. The van der Waals surface area contributed by atoms with Crippen LogP contribution in [0.4, 0.5) is 5.69 Å². The van der Waals surface area contributed by atoms with Crippen molar-refractivity contribution in [3.8, 4) is 0 Å². The number of carboxylic acid groups (broad SMARTS) is 1. The Bertz CT molecular complexity index is 559. The summed E-state index contributed by atoms with van der Waals surface area (Å²) < 4.78 is 1.78. The number of nitrogens with zero attached hydrogens (tertiary/aromatic N) is 2. The lowest BCUT2D eigenvalue weighted by atomic mass is 10.3. The first-order chi connectivity index (χ1) is 8.60. The number of anilines is 1. The van der Waals surface area contributed by atoms with Crippen molar-refractivity contribution in [1.82, 2.24) is 9.78 Å². The molecule has 0 spiro atoms. The minimum atomic E-state index is -0.873. The number of nitrogens with one attached hydrogen (secondary N) is 1. The molecule has 0 unspecified atom stereocenters. The molecular formula is C12H15N3O2S. The summed E-state index contributed by atoms with van der Waals surface area (Å²) in [5.41, 5.74) is 2.03. The monoisotopic (exact) mass is 265 g/mol. The third-order valence-corrected chi connectivity index (χ3v) is 3.64. The van der Waals surface area contributed by atoms with Crippen LogP contribution in [-0.2, 0) is 20.0 Å². The van der Waals surface area contributed by atoms with E-state index in [1.165, 1.54) is 11.3 Å². The summed E-state index contributed by atoms with van der Waals surface area (Å²) in [5.74, 6) is -0.873. The molecule has 0 saturated carbocycles. The summed E-state index contributed by atoms with van der Waals surface area (Å²) in [7, 11) is 1.89. The van der Waals surface area contributed by atoms with E-state index >= 15 is 0 Å². The number of carboxylic acids is 1. The number of thiophene rings is 1. The van der Waals surface area contributed by atoms with Gasteiger partial charge in [0.05, 0.1) is 11.4 Å². The van der Waals surface area contributed by atoms with Crippen LogP contribution in [0.3, 0.4) is 0 Å². The van der Waals surface area contributed by atoms with Gasteiger partial charge in [0, 0.05) is 24.7 Å². The minimum absolute atomic E-state index is 0.369. The van der Waals surface area contributed by atoms with Gasteiger partial charge in [0.2, 0.25) is 0 Å². The Morgan fingerprint density at radius 1 is 1.56 bits per heavy atom. The molecule has 0 fully saturated rings. The number of hydrogen-bond acceptors (Lipinski definition) is 4. The molecule has 0 aliphatic rings. The maximum atomic E-state index is 10.8. The summed E-state index contributed by atoms with van der Waals surface area (Å²) >= 11 is 1.29. The lowest BCUT2D eigenvalue weighted by Crippen LogP contribution is -1.99. The van der Waals surface area contributed by atoms with Gasteiger partial charge in [-0.2, -0.15) is 5.10 Å². The lowest BCUT2D eigenvalue weighted by Gasteiger charge is -2.02. The molecule has 0 atom stereocenters. The van der Waals surface area contributed by atoms with E-state index in [1.54, 1.807) is 10.7 Å². The smallest absolute Gasteiger partial charge is 0.345 e. The van der Waals surface area contributed by atoms with Gasteiger partial charge in [-0.1, -0.05) is 6.92 Å². The second-order valence-corrected chi connectivity index (χ2v) is 5.11. The van der Waals surface area contributed by atoms with Crippen LogP contribution in [0.1, 0.15) is 27.2 Å². The van der Waals surface area contributed by atoms with E-state index < -0.39 is 5.97 Å². The molecule has 2 aromatic heterocycles. The van der Waals surface area contributed by atoms with Crippen molar-refractivity contribution in [2.24, 2.45) is 7.05 Å². The Balaban J connectivity index is 2.04. The number of hydrogen-bond donors (Lipinski definition) is 2. The highest BCUT2D eigenvalue weighted by Gasteiger charge is 2.08. The molecule has 2 rings (SSSR count). The molecule has 18 heavy (non-hydrogen) atoms. The summed E-state index contributed by atoms with van der Waals surface area (Å²) in [6.07, 6.45) is 2.80. The predicted molar refractivity (Wildman–Crippen MR) is 71.2 cm³/mol. The van der Waals surface area contributed by atoms with E-state index in [1.807, 2.05) is 19.3 Å². The highest BCUT2D eigenvalue weighted by atomic mass is 32.1. The zero-order valence-corrected chi connectivity index (χ0v) is 11.1. The van der Waals surface area contributed by atoms with Crippen molar-refractivity contribution >= 4 is 23.0 Å². The molecule has 0 aromatic carbocycles. The van der Waals surface area contributed by atoms with E-state index in [2.05, 4.69) is 17.3 Å². The quantitative estimate of drug-likeness (QED) is 0.871. The second kappa shape index (κ2) is 5.22. The van der Waals surface area contributed by atoms with Crippen LogP contribution < -0.4 is 5.32 Å². The Morgan fingerprint density at radius 3 is 2.94 bits per heavy atom. The van der Waals surface area contributed by atoms with Crippen LogP contribution in [-0.4, -0.2) is 20.9 Å². The van der Waals surface area contributed by atoms with Gasteiger partial charge < -0.3 is 10.4 Å². The van der Waals surface area contributed by atoms with Gasteiger partial charge in [0.1, 0.15) is 4.88 Å². The fraction of sp³-hybridized carbons (Fsp3) is 0.333. The summed E-state index contributed by atoms with van der Waals surface area (Å²) in [5, 5.41) is 16.5. The van der Waals surface area contributed by atoms with Crippen LogP contribution in [0, 0.1) is 0 Å². The van der Waals surface area contributed by atoms with Gasteiger partial charge in [-0.3, -0.25) is 4.68 Å². The highest BCUT2D eigenvalue weighted by Crippen LogP contribution is 2.19. The first-order valence-electron chi connectivity index (χ1n) is 5.68. The van der Waals surface area contributed by atoms with Crippen molar-refractivity contribution in [2.45, 2.75) is 19.9 Å². The maximum absolute atomic E-state index is 10.8. The van der Waals surface area contributed by atoms with Crippen LogP contribution in [0.25, 0.3) is 0 Å². The molecule has 5 nitrogen and oxygen atoms in total. The molecule has 0 bridgehead atoms. The molecule has 0 aliphatic heterocycles. The predicted octanol–water partition coefficient (Wildman–Crippen LogP) is 2.35. The standard InChI is InChI=1S/C12H15N3O2S/c1-3-9-10(7-15(2)14-9)13-6-8-4-5-11(18-8)12(16)17/h4-5,7,13H,3,6H2,1-2H3,(H,16,17). The number of aryl methyl sites for hydroxylation is 2. The van der Waals surface area contributed by atoms with Gasteiger partial charge in [-0.15, -0.1) is 11.3 Å². The van der Waals surface area contributed by atoms with Crippen LogP contribution in [0.15, 0.2) is 18.3 Å². The van der Waals surface area contributed by atoms with Gasteiger partial charge in [0.15, 0.2) is 0 Å². The fourth-order valence-corrected chi connectivity index (χ4v) is 2.50. The van der Waals surface area contributed by atoms with Crippen molar-refractivity contribution in [3.05, 3.63) is 33.8 Å². The number of carbonyl (C=O) groups is 1. The highest BCUT2D eigenvalue weighted by molar-refractivity contribution is 7.13. The first kappa shape index (κ1) is 12.6. The third kappa shape index (κ3) is 2.70. The third-order valence-electron chi connectivity index (χ3n) is 2.57. The molecule has 0 radical (unpaired) electrons. The molecule has 6 heteroatoms. The first-order valence-corrected chi connectivity index (χ1v) is 6.50. The van der Waals surface area contributed by atoms with E-state index in [0.717, 1.165) is 22.7 Å². The van der Waals surface area contributed by atoms with Gasteiger partial charge in [-0.05, 0) is 18.6 Å². The van der Waals surface area contributed by atoms with Crippen LogP contribution in [0.2, 0.25) is 0 Å². The van der Waals surface area contributed by atoms with E-state index in [0.29, 0.717) is 11.4 Å². The SMILES string of the molecule is CCc1nn(C)cc1NCc1ccc(C(=O)O)s1. The maximum Gasteiger partial charge on any atom is 0.345 e. The zero-order chi connectivity index (χ0) is 13.1. The topological polar surface area (TPSA) is 67.2 Å². The molecule has 2 heterocycles. The van der Waals surface area contributed by atoms with Gasteiger partial charge in [-0.25, -0.2) is 4.79 Å². The molecule has 2 aromatic rings. The van der Waals surface area contributed by atoms with E-state index in [-0.39, 0.29) is 0 Å². The van der Waals surface area contributed by atoms with Gasteiger partial charge >= 0.3 is 5.97 Å². The summed E-state index contributed by atoms with van der Waals surface area (Å²) in [4.78, 5) is 12.1. The Labute approximate surface area is 109 Å². The van der Waals surface area contributed by atoms with Crippen LogP contribution in [0.5, 0.6) is 0 Å². The van der Waals surface area contributed by atoms with E-state index in [4.69, 9.17) is 5.11 Å². The van der Waals surface area contributed by atoms with E-state index in [9.17, 15) is 4.79 Å². The largest absolute Gasteiger partial charge is 0.477 e. The molecule has 0 amide bonds. The average Bonchev–Trinajstić information content (AvgIpc) is 2.92. The van der Waals surface area contributed by atoms with Crippen molar-refractivity contribution in [1.29, 1.82) is 0 Å². The average molecular weight is 265 g/mol.